The molecule has 2 atom stereocenters. The highest BCUT2D eigenvalue weighted by molar-refractivity contribution is 5.22. The van der Waals surface area contributed by atoms with Crippen LogP contribution in [0.2, 0.25) is 0 Å². The van der Waals surface area contributed by atoms with Gasteiger partial charge in [0.05, 0.1) is 0 Å². The van der Waals surface area contributed by atoms with Crippen molar-refractivity contribution in [3.05, 3.63) is 70.8 Å². The van der Waals surface area contributed by atoms with E-state index >= 15 is 0 Å². The van der Waals surface area contributed by atoms with Crippen molar-refractivity contribution >= 4 is 0 Å². The minimum absolute atomic E-state index is 0.783. The summed E-state index contributed by atoms with van der Waals surface area (Å²) in [5.41, 5.74) is 5.68. The molecule has 0 bridgehead atoms. The maximum absolute atomic E-state index is 2.41. The minimum atomic E-state index is 0.783. The second-order valence-electron chi connectivity index (χ2n) is 7.01. The molecule has 0 radical (unpaired) electrons. The Balaban J connectivity index is 0.00000139. The Morgan fingerprint density at radius 1 is 0.667 bits per heavy atom. The van der Waals surface area contributed by atoms with Crippen molar-refractivity contribution in [1.82, 2.24) is 0 Å². The monoisotopic (exact) mass is 324 g/mol. The van der Waals surface area contributed by atoms with Crippen LogP contribution in [-0.2, 0) is 12.8 Å². The van der Waals surface area contributed by atoms with Crippen molar-refractivity contribution in [2.45, 2.75) is 67.2 Å². The molecule has 0 nitrogen and oxygen atoms in total. The first-order chi connectivity index (χ1) is 11.5. The topological polar surface area (TPSA) is 0 Å². The van der Waals surface area contributed by atoms with Crippen molar-refractivity contribution < 1.29 is 0 Å². The Kier molecular flexibility index (Phi) is 9.45. The molecule has 0 saturated heterocycles. The van der Waals surface area contributed by atoms with E-state index in [0.717, 1.165) is 11.8 Å². The Labute approximate surface area is 150 Å². The van der Waals surface area contributed by atoms with Crippen LogP contribution in [0.4, 0.5) is 0 Å². The molecule has 0 spiro atoms. The summed E-state index contributed by atoms with van der Waals surface area (Å²) < 4.78 is 0. The van der Waals surface area contributed by atoms with Gasteiger partial charge in [-0.25, -0.2) is 0 Å². The molecule has 0 amide bonds. The van der Waals surface area contributed by atoms with E-state index in [1.54, 1.807) is 0 Å². The molecule has 0 aliphatic heterocycles. The van der Waals surface area contributed by atoms with E-state index in [2.05, 4.69) is 76.2 Å². The molecule has 2 unspecified atom stereocenters. The van der Waals surface area contributed by atoms with Crippen molar-refractivity contribution in [3.8, 4) is 0 Å². The van der Waals surface area contributed by atoms with Crippen LogP contribution >= 0.6 is 0 Å². The highest BCUT2D eigenvalue weighted by Crippen LogP contribution is 2.23. The summed E-state index contributed by atoms with van der Waals surface area (Å²) in [5.74, 6) is 1.57. The Morgan fingerprint density at radius 3 is 1.75 bits per heavy atom. The molecule has 2 rings (SSSR count). The fourth-order valence-corrected chi connectivity index (χ4v) is 2.98. The molecule has 0 aliphatic rings. The zero-order valence-electron chi connectivity index (χ0n) is 16.6. The van der Waals surface area contributed by atoms with Crippen LogP contribution in [0.3, 0.4) is 0 Å². The number of aryl methyl sites for hydroxylation is 4. The molecule has 0 fully saturated rings. The molecule has 24 heavy (non-hydrogen) atoms. The van der Waals surface area contributed by atoms with Gasteiger partial charge in [-0.15, -0.1) is 0 Å². The lowest BCUT2D eigenvalue weighted by Crippen LogP contribution is -2.10. The smallest absolute Gasteiger partial charge is 0.0276 e. The van der Waals surface area contributed by atoms with Gasteiger partial charge in [-0.05, 0) is 62.5 Å². The van der Waals surface area contributed by atoms with Crippen LogP contribution in [0.1, 0.15) is 62.8 Å². The molecule has 0 heterocycles. The highest BCUT2D eigenvalue weighted by atomic mass is 14.2. The van der Waals surface area contributed by atoms with Crippen molar-refractivity contribution in [3.63, 3.8) is 0 Å². The Bertz CT molecular complexity index is 565. The van der Waals surface area contributed by atoms with Crippen LogP contribution in [-0.4, -0.2) is 0 Å². The minimum Gasteiger partial charge on any atom is -0.0683 e. The van der Waals surface area contributed by atoms with Gasteiger partial charge in [0.1, 0.15) is 0 Å². The normalized spacial score (nSPS) is 12.9. The van der Waals surface area contributed by atoms with E-state index in [1.165, 1.54) is 47.9 Å². The van der Waals surface area contributed by atoms with Crippen molar-refractivity contribution in [2.24, 2.45) is 11.8 Å². The lowest BCUT2D eigenvalue weighted by atomic mass is 9.86. The van der Waals surface area contributed by atoms with E-state index < -0.39 is 0 Å². The maximum atomic E-state index is 2.41. The van der Waals surface area contributed by atoms with Crippen LogP contribution < -0.4 is 0 Å². The van der Waals surface area contributed by atoms with E-state index in [4.69, 9.17) is 0 Å². The summed E-state index contributed by atoms with van der Waals surface area (Å²) in [7, 11) is 0. The summed E-state index contributed by atoms with van der Waals surface area (Å²) in [6.07, 6.45) is 4.99. The first kappa shape index (κ1) is 20.5. The quantitative estimate of drug-likeness (QED) is 0.506. The van der Waals surface area contributed by atoms with Gasteiger partial charge >= 0.3 is 0 Å². The summed E-state index contributed by atoms with van der Waals surface area (Å²) in [6.45, 7) is 13.2. The van der Waals surface area contributed by atoms with Crippen LogP contribution in [0.5, 0.6) is 0 Å². The largest absolute Gasteiger partial charge is 0.0683 e. The molecule has 0 N–H and O–H groups in total. The Hall–Kier alpha value is -1.56. The third-order valence-corrected chi connectivity index (χ3v) is 4.95. The van der Waals surface area contributed by atoms with E-state index in [0.29, 0.717) is 0 Å². The lowest BCUT2D eigenvalue weighted by molar-refractivity contribution is 0.344. The third kappa shape index (κ3) is 7.34. The summed E-state index contributed by atoms with van der Waals surface area (Å²) in [5, 5.41) is 0. The second-order valence-corrected chi connectivity index (χ2v) is 7.01. The van der Waals surface area contributed by atoms with Gasteiger partial charge in [-0.3, -0.25) is 0 Å². The zero-order chi connectivity index (χ0) is 17.9. The molecule has 132 valence electrons. The van der Waals surface area contributed by atoms with Gasteiger partial charge in [-0.2, -0.15) is 0 Å². The third-order valence-electron chi connectivity index (χ3n) is 4.95. The average Bonchev–Trinajstić information content (AvgIpc) is 2.60. The molecule has 2 aromatic rings. The van der Waals surface area contributed by atoms with Gasteiger partial charge in [0.15, 0.2) is 0 Å². The van der Waals surface area contributed by atoms with E-state index in [9.17, 15) is 0 Å². The second kappa shape index (κ2) is 11.1. The molecule has 0 aromatic heterocycles. The summed E-state index contributed by atoms with van der Waals surface area (Å²) in [6, 6.07) is 17.9. The van der Waals surface area contributed by atoms with E-state index in [-0.39, 0.29) is 0 Å². The predicted molar refractivity (Wildman–Crippen MR) is 109 cm³/mol. The lowest BCUT2D eigenvalue weighted by Gasteiger charge is -2.20. The fraction of sp³-hybridized carbons (Fsp3) is 0.500. The summed E-state index contributed by atoms with van der Waals surface area (Å²) in [4.78, 5) is 0. The van der Waals surface area contributed by atoms with Gasteiger partial charge in [0.2, 0.25) is 0 Å². The molecular weight excluding hydrogens is 288 g/mol. The first-order valence-corrected chi connectivity index (χ1v) is 9.65. The van der Waals surface area contributed by atoms with Crippen LogP contribution in [0, 0.1) is 25.7 Å². The zero-order valence-corrected chi connectivity index (χ0v) is 16.6. The first-order valence-electron chi connectivity index (χ1n) is 9.65. The van der Waals surface area contributed by atoms with Crippen molar-refractivity contribution in [1.29, 1.82) is 0 Å². The number of hydrogen-bond donors (Lipinski definition) is 0. The molecule has 0 aliphatic carbocycles. The number of hydrogen-bond acceptors (Lipinski definition) is 0. The van der Waals surface area contributed by atoms with Crippen molar-refractivity contribution in [2.75, 3.05) is 0 Å². The molecular formula is C24H36. The Morgan fingerprint density at radius 2 is 1.21 bits per heavy atom. The predicted octanol–water partition coefficient (Wildman–Crippen LogP) is 7.17. The molecule has 2 aromatic carbocycles. The van der Waals surface area contributed by atoms with E-state index in [1.807, 2.05) is 13.8 Å². The van der Waals surface area contributed by atoms with Gasteiger partial charge in [-0.1, -0.05) is 87.4 Å². The number of rotatable bonds is 7. The fourth-order valence-electron chi connectivity index (χ4n) is 2.98. The highest BCUT2D eigenvalue weighted by Gasteiger charge is 2.12. The molecule has 0 heteroatoms. The summed E-state index contributed by atoms with van der Waals surface area (Å²) >= 11 is 0. The van der Waals surface area contributed by atoms with Crippen LogP contribution in [0.25, 0.3) is 0 Å². The maximum Gasteiger partial charge on any atom is -0.0276 e. The average molecular weight is 325 g/mol. The van der Waals surface area contributed by atoms with Crippen LogP contribution in [0.15, 0.2) is 48.5 Å². The number of benzene rings is 2. The van der Waals surface area contributed by atoms with Gasteiger partial charge in [0.25, 0.3) is 0 Å². The standard InChI is InChI=1S/C22H30.C2H6/c1-17-8-12-21(13-9-17)14-10-19(3)20(4)11-15-22-7-5-6-18(2)16-22;1-2/h5-9,12-13,16,19-20H,10-11,14-15H2,1-4H3;1-2H3. The van der Waals surface area contributed by atoms with Gasteiger partial charge < -0.3 is 0 Å². The molecule has 0 saturated carbocycles. The van der Waals surface area contributed by atoms with Gasteiger partial charge in [0, 0.05) is 0 Å². The SMILES string of the molecule is CC.Cc1ccc(CCC(C)C(C)CCc2cccc(C)c2)cc1.